The number of rotatable bonds is 8. The number of carbonyl (C=O) groups is 3. The molecule has 1 saturated heterocycles. The molecule has 1 N–H and O–H groups in total. The molecule has 4 rings (SSSR count). The standard InChI is InChI=1S/C27H33N3O4/c1-18(2)34-21-13-11-20(12-14-21)19(3)28-24(31)10-7-17-29-26(33)22-8-5-6-9-23(22)30-25(32)15-16-27(29,30)4/h5-6,8-9,11-14,18-19H,7,10,15-17H2,1-4H3,(H,28,31). The van der Waals surface area contributed by atoms with Crippen LogP contribution >= 0.6 is 0 Å². The third-order valence-corrected chi connectivity index (χ3v) is 6.66. The molecule has 2 heterocycles. The van der Waals surface area contributed by atoms with Gasteiger partial charge in [-0.05, 0) is 70.4 Å². The van der Waals surface area contributed by atoms with Crippen LogP contribution in [0.1, 0.15) is 75.3 Å². The number of fused-ring (bicyclic) bond motifs is 3. The Bertz CT molecular complexity index is 1080. The molecule has 3 amide bonds. The minimum atomic E-state index is -0.688. The maximum atomic E-state index is 13.3. The smallest absolute Gasteiger partial charge is 0.257 e. The molecular weight excluding hydrogens is 430 g/mol. The maximum absolute atomic E-state index is 13.3. The van der Waals surface area contributed by atoms with Crippen LogP contribution in [0.25, 0.3) is 0 Å². The second-order valence-electron chi connectivity index (χ2n) is 9.55. The van der Waals surface area contributed by atoms with E-state index in [1.54, 1.807) is 15.9 Å². The zero-order valence-corrected chi connectivity index (χ0v) is 20.3. The van der Waals surface area contributed by atoms with Crippen LogP contribution in [-0.2, 0) is 9.59 Å². The minimum absolute atomic E-state index is 0.0313. The summed E-state index contributed by atoms with van der Waals surface area (Å²) in [5.74, 6) is 0.688. The highest BCUT2D eigenvalue weighted by atomic mass is 16.5. The van der Waals surface area contributed by atoms with Crippen molar-refractivity contribution in [3.8, 4) is 5.75 Å². The number of para-hydroxylation sites is 1. The zero-order chi connectivity index (χ0) is 24.5. The number of hydrogen-bond donors (Lipinski definition) is 1. The summed E-state index contributed by atoms with van der Waals surface area (Å²) in [5, 5.41) is 3.04. The highest BCUT2D eigenvalue weighted by Crippen LogP contribution is 2.44. The van der Waals surface area contributed by atoms with Gasteiger partial charge >= 0.3 is 0 Å². The molecule has 2 atom stereocenters. The average Bonchev–Trinajstić information content (AvgIpc) is 3.11. The Morgan fingerprint density at radius 3 is 2.50 bits per heavy atom. The molecule has 2 aliphatic heterocycles. The van der Waals surface area contributed by atoms with Gasteiger partial charge in [0.25, 0.3) is 5.91 Å². The number of amides is 3. The molecule has 0 spiro atoms. The molecule has 2 aliphatic rings. The van der Waals surface area contributed by atoms with Crippen LogP contribution in [0.5, 0.6) is 5.75 Å². The fourth-order valence-corrected chi connectivity index (χ4v) is 4.94. The van der Waals surface area contributed by atoms with Crippen LogP contribution in [0, 0.1) is 0 Å². The van der Waals surface area contributed by atoms with Crippen LogP contribution in [0.4, 0.5) is 5.69 Å². The molecule has 0 aliphatic carbocycles. The topological polar surface area (TPSA) is 79.0 Å². The van der Waals surface area contributed by atoms with E-state index < -0.39 is 5.66 Å². The van der Waals surface area contributed by atoms with Crippen molar-refractivity contribution in [3.05, 3.63) is 59.7 Å². The number of ether oxygens (including phenoxy) is 1. The van der Waals surface area contributed by atoms with E-state index in [-0.39, 0.29) is 29.9 Å². The van der Waals surface area contributed by atoms with Crippen molar-refractivity contribution < 1.29 is 19.1 Å². The van der Waals surface area contributed by atoms with Gasteiger partial charge in [0.2, 0.25) is 11.8 Å². The summed E-state index contributed by atoms with van der Waals surface area (Å²) in [6, 6.07) is 14.9. The number of carbonyl (C=O) groups excluding carboxylic acids is 3. The maximum Gasteiger partial charge on any atom is 0.257 e. The Morgan fingerprint density at radius 1 is 1.09 bits per heavy atom. The summed E-state index contributed by atoms with van der Waals surface area (Å²) < 4.78 is 5.67. The summed E-state index contributed by atoms with van der Waals surface area (Å²) in [4.78, 5) is 42.1. The highest BCUT2D eigenvalue weighted by Gasteiger charge is 2.52. The van der Waals surface area contributed by atoms with E-state index >= 15 is 0 Å². The van der Waals surface area contributed by atoms with Crippen LogP contribution in [0.2, 0.25) is 0 Å². The molecule has 0 aromatic heterocycles. The number of nitrogens with one attached hydrogen (secondary N) is 1. The number of nitrogens with zero attached hydrogens (tertiary/aromatic N) is 2. The lowest BCUT2D eigenvalue weighted by molar-refractivity contribution is -0.122. The van der Waals surface area contributed by atoms with E-state index in [4.69, 9.17) is 4.74 Å². The van der Waals surface area contributed by atoms with E-state index in [0.717, 1.165) is 11.3 Å². The van der Waals surface area contributed by atoms with Crippen molar-refractivity contribution in [2.24, 2.45) is 0 Å². The van der Waals surface area contributed by atoms with Gasteiger partial charge in [0.05, 0.1) is 23.4 Å². The van der Waals surface area contributed by atoms with E-state index in [0.29, 0.717) is 43.5 Å². The Hall–Kier alpha value is -3.35. The molecule has 180 valence electrons. The van der Waals surface area contributed by atoms with Crippen molar-refractivity contribution in [3.63, 3.8) is 0 Å². The van der Waals surface area contributed by atoms with Crippen LogP contribution in [0.15, 0.2) is 48.5 Å². The lowest BCUT2D eigenvalue weighted by atomic mass is 9.98. The molecule has 0 radical (unpaired) electrons. The largest absolute Gasteiger partial charge is 0.491 e. The molecule has 1 fully saturated rings. The quantitative estimate of drug-likeness (QED) is 0.628. The first kappa shape index (κ1) is 23.8. The first-order chi connectivity index (χ1) is 16.2. The van der Waals surface area contributed by atoms with Gasteiger partial charge in [0.1, 0.15) is 11.4 Å². The number of anilines is 1. The van der Waals surface area contributed by atoms with Gasteiger partial charge in [-0.1, -0.05) is 24.3 Å². The lowest BCUT2D eigenvalue weighted by Gasteiger charge is -2.48. The average molecular weight is 464 g/mol. The van der Waals surface area contributed by atoms with Gasteiger partial charge in [0.15, 0.2) is 0 Å². The normalized spacial score (nSPS) is 20.3. The fourth-order valence-electron chi connectivity index (χ4n) is 4.94. The number of benzene rings is 2. The zero-order valence-electron chi connectivity index (χ0n) is 20.3. The Labute approximate surface area is 201 Å². The second-order valence-corrected chi connectivity index (χ2v) is 9.55. The monoisotopic (exact) mass is 463 g/mol. The van der Waals surface area contributed by atoms with E-state index in [2.05, 4.69) is 5.32 Å². The Morgan fingerprint density at radius 2 is 1.79 bits per heavy atom. The van der Waals surface area contributed by atoms with Crippen molar-refractivity contribution >= 4 is 23.4 Å². The predicted octanol–water partition coefficient (Wildman–Crippen LogP) is 4.43. The second kappa shape index (κ2) is 9.49. The molecule has 0 bridgehead atoms. The van der Waals surface area contributed by atoms with Crippen LogP contribution < -0.4 is 15.0 Å². The summed E-state index contributed by atoms with van der Waals surface area (Å²) in [7, 11) is 0. The van der Waals surface area contributed by atoms with Crippen molar-refractivity contribution in [2.45, 2.75) is 71.2 Å². The highest BCUT2D eigenvalue weighted by molar-refractivity contribution is 6.10. The van der Waals surface area contributed by atoms with Gasteiger partial charge in [0, 0.05) is 19.4 Å². The van der Waals surface area contributed by atoms with Crippen LogP contribution in [0.3, 0.4) is 0 Å². The third kappa shape index (κ3) is 4.52. The molecule has 2 aromatic rings. The van der Waals surface area contributed by atoms with Gasteiger partial charge < -0.3 is 15.0 Å². The van der Waals surface area contributed by atoms with E-state index in [1.165, 1.54) is 0 Å². The van der Waals surface area contributed by atoms with Crippen LogP contribution in [-0.4, -0.2) is 40.9 Å². The van der Waals surface area contributed by atoms with Gasteiger partial charge in [-0.3, -0.25) is 19.3 Å². The van der Waals surface area contributed by atoms with Crippen molar-refractivity contribution in [2.75, 3.05) is 11.4 Å². The Balaban J connectivity index is 1.36. The molecule has 7 heteroatoms. The first-order valence-corrected chi connectivity index (χ1v) is 12.0. The molecule has 0 saturated carbocycles. The summed E-state index contributed by atoms with van der Waals surface area (Å²) in [6.45, 7) is 8.27. The van der Waals surface area contributed by atoms with Crippen molar-refractivity contribution in [1.82, 2.24) is 10.2 Å². The first-order valence-electron chi connectivity index (χ1n) is 12.0. The lowest BCUT2D eigenvalue weighted by Crippen LogP contribution is -2.62. The SMILES string of the molecule is CC(C)Oc1ccc(C(C)NC(=O)CCCN2C(=O)c3ccccc3N3C(=O)CCC23C)cc1. The molecular formula is C27H33N3O4. The van der Waals surface area contributed by atoms with E-state index in [1.807, 2.05) is 70.2 Å². The number of hydrogen-bond acceptors (Lipinski definition) is 4. The van der Waals surface area contributed by atoms with Gasteiger partial charge in [-0.15, -0.1) is 0 Å². The van der Waals surface area contributed by atoms with Gasteiger partial charge in [-0.25, -0.2) is 0 Å². The minimum Gasteiger partial charge on any atom is -0.491 e. The van der Waals surface area contributed by atoms with E-state index in [9.17, 15) is 14.4 Å². The summed E-state index contributed by atoms with van der Waals surface area (Å²) in [6.07, 6.45) is 1.93. The molecule has 2 aromatic carbocycles. The van der Waals surface area contributed by atoms with Crippen molar-refractivity contribution in [1.29, 1.82) is 0 Å². The third-order valence-electron chi connectivity index (χ3n) is 6.66. The Kier molecular flexibility index (Phi) is 6.64. The van der Waals surface area contributed by atoms with Gasteiger partial charge in [-0.2, -0.15) is 0 Å². The molecule has 7 nitrogen and oxygen atoms in total. The predicted molar refractivity (Wildman–Crippen MR) is 131 cm³/mol. The summed E-state index contributed by atoms with van der Waals surface area (Å²) in [5.41, 5.74) is 1.54. The summed E-state index contributed by atoms with van der Waals surface area (Å²) >= 11 is 0. The fraction of sp³-hybridized carbons (Fsp3) is 0.444. The molecule has 34 heavy (non-hydrogen) atoms. The molecule has 2 unspecified atom stereocenters.